The van der Waals surface area contributed by atoms with E-state index in [0.29, 0.717) is 61.8 Å². The SMILES string of the molecule is O=C1C=Cc2cc3c(ccc4c5c6c(nc43)C(=O)C=c3c=6c(cc4cc6c(cc34)N=C3C6=CCC4=C3C(=O)c3ccccc3C4=O)CC5=O)cc2=C1. The van der Waals surface area contributed by atoms with Crippen LogP contribution in [0.1, 0.15) is 64.7 Å². The molecule has 0 N–H and O–H groups in total. The first kappa shape index (κ1) is 27.8. The lowest BCUT2D eigenvalue weighted by atomic mass is 9.76. The van der Waals surface area contributed by atoms with E-state index in [9.17, 15) is 24.0 Å². The van der Waals surface area contributed by atoms with E-state index in [1.165, 1.54) is 6.08 Å². The van der Waals surface area contributed by atoms with Gasteiger partial charge in [-0.15, -0.1) is 0 Å². The quantitative estimate of drug-likeness (QED) is 0.179. The van der Waals surface area contributed by atoms with E-state index < -0.39 is 0 Å². The lowest BCUT2D eigenvalue weighted by Gasteiger charge is -2.24. The van der Waals surface area contributed by atoms with E-state index in [1.54, 1.807) is 42.5 Å². The fourth-order valence-electron chi connectivity index (χ4n) is 9.15. The van der Waals surface area contributed by atoms with E-state index >= 15 is 0 Å². The summed E-state index contributed by atoms with van der Waals surface area (Å²) in [6.45, 7) is 0. The van der Waals surface area contributed by atoms with Crippen LogP contribution in [0.2, 0.25) is 0 Å². The second kappa shape index (κ2) is 9.21. The molecule has 0 bridgehead atoms. The second-order valence-electron chi connectivity index (χ2n) is 14.1. The van der Waals surface area contributed by atoms with Crippen LogP contribution in [0.25, 0.3) is 56.2 Å². The van der Waals surface area contributed by atoms with E-state index in [1.807, 2.05) is 48.5 Å². The third kappa shape index (κ3) is 3.33. The first-order chi connectivity index (χ1) is 25.3. The number of aromatic nitrogens is 1. The molecule has 0 amide bonds. The molecule has 240 valence electrons. The molecular weight excluding hydrogens is 649 g/mol. The van der Waals surface area contributed by atoms with Gasteiger partial charge in [-0.05, 0) is 91.9 Å². The van der Waals surface area contributed by atoms with Gasteiger partial charge >= 0.3 is 0 Å². The van der Waals surface area contributed by atoms with Crippen molar-refractivity contribution in [3.63, 3.8) is 0 Å². The molecule has 7 heteroatoms. The van der Waals surface area contributed by atoms with Crippen molar-refractivity contribution in [2.75, 3.05) is 0 Å². The van der Waals surface area contributed by atoms with Gasteiger partial charge in [-0.2, -0.15) is 0 Å². The molecule has 6 aromatic rings. The van der Waals surface area contributed by atoms with Gasteiger partial charge in [0.25, 0.3) is 0 Å². The number of pyridine rings is 1. The zero-order valence-corrected chi connectivity index (χ0v) is 27.1. The van der Waals surface area contributed by atoms with Crippen molar-refractivity contribution >= 4 is 96.6 Å². The first-order valence-corrected chi connectivity index (χ1v) is 17.1. The Hall–Kier alpha value is -6.99. The molecule has 52 heavy (non-hydrogen) atoms. The molecule has 0 fully saturated rings. The van der Waals surface area contributed by atoms with Gasteiger partial charge in [0.2, 0.25) is 5.78 Å². The Kier molecular flexibility index (Phi) is 4.92. The average Bonchev–Trinajstić information content (AvgIpc) is 3.51. The number of carbonyl (C=O) groups is 5. The third-order valence-corrected chi connectivity index (χ3v) is 11.4. The van der Waals surface area contributed by atoms with Crippen LogP contribution in [0.5, 0.6) is 0 Å². The molecule has 0 radical (unpaired) electrons. The number of nitrogens with zero attached hydrogens (tertiary/aromatic N) is 2. The van der Waals surface area contributed by atoms with Gasteiger partial charge in [0.1, 0.15) is 5.69 Å². The number of aliphatic imine (C=N–C) groups is 1. The van der Waals surface area contributed by atoms with Crippen molar-refractivity contribution < 1.29 is 24.0 Å². The minimum atomic E-state index is -0.282. The third-order valence-electron chi connectivity index (χ3n) is 11.4. The highest BCUT2D eigenvalue weighted by Gasteiger charge is 2.40. The van der Waals surface area contributed by atoms with Crippen LogP contribution in [0.3, 0.4) is 0 Å². The maximum Gasteiger partial charge on any atom is 0.205 e. The molecule has 5 aliphatic carbocycles. The van der Waals surface area contributed by atoms with Gasteiger partial charge in [-0.1, -0.05) is 54.6 Å². The molecule has 5 aromatic carbocycles. The van der Waals surface area contributed by atoms with Crippen LogP contribution < -0.4 is 10.4 Å². The summed E-state index contributed by atoms with van der Waals surface area (Å²) in [5.41, 5.74) is 7.52. The van der Waals surface area contributed by atoms with Crippen LogP contribution >= 0.6 is 0 Å². The van der Waals surface area contributed by atoms with Gasteiger partial charge in [-0.25, -0.2) is 9.98 Å². The number of hydrogen-bond donors (Lipinski definition) is 0. The van der Waals surface area contributed by atoms with Crippen LogP contribution in [-0.4, -0.2) is 39.6 Å². The summed E-state index contributed by atoms with van der Waals surface area (Å²) in [5.74, 6) is -0.769. The van der Waals surface area contributed by atoms with E-state index in [2.05, 4.69) is 0 Å². The Morgan fingerprint density at radius 2 is 1.54 bits per heavy atom. The predicted octanol–water partition coefficient (Wildman–Crippen LogP) is 6.17. The number of fused-ring (bicyclic) bond motifs is 12. The van der Waals surface area contributed by atoms with Crippen molar-refractivity contribution in [2.45, 2.75) is 12.8 Å². The summed E-state index contributed by atoms with van der Waals surface area (Å²) in [4.78, 5) is 77.5. The molecule has 1 aliphatic heterocycles. The molecule has 0 spiro atoms. The molecule has 1 aromatic heterocycles. The Balaban J connectivity index is 1.12. The van der Waals surface area contributed by atoms with E-state index in [0.717, 1.165) is 59.5 Å². The Bertz CT molecular complexity index is 3370. The molecule has 0 saturated heterocycles. The fourth-order valence-corrected chi connectivity index (χ4v) is 9.15. The van der Waals surface area contributed by atoms with Crippen LogP contribution in [-0.2, 0) is 11.2 Å². The summed E-state index contributed by atoms with van der Waals surface area (Å²) >= 11 is 0. The normalized spacial score (nSPS) is 17.3. The minimum absolute atomic E-state index is 0.0701. The standard InChI is InChI=1S/C45H20N2O5/c48-24-7-5-19-14-31-20(11-21(19)13-24)6-8-28-38-35(49)16-23-12-22-15-32-25-9-10-29-39(45(52)27-4-2-1-3-26(27)44(29)51)42(25)46-34(32)17-30(22)33-18-36(50)43(47-41(28)31)40(38)37(23)33/h1-9,11-15,17-18H,10,16H2. The predicted molar refractivity (Wildman–Crippen MR) is 197 cm³/mol. The van der Waals surface area contributed by atoms with Crippen molar-refractivity contribution in [2.24, 2.45) is 4.99 Å². The highest BCUT2D eigenvalue weighted by Crippen LogP contribution is 2.45. The summed E-state index contributed by atoms with van der Waals surface area (Å²) in [6.07, 6.45) is 9.01. The summed E-state index contributed by atoms with van der Waals surface area (Å²) < 4.78 is 0. The lowest BCUT2D eigenvalue weighted by Crippen LogP contribution is -2.28. The summed E-state index contributed by atoms with van der Waals surface area (Å²) in [7, 11) is 0. The highest BCUT2D eigenvalue weighted by molar-refractivity contribution is 6.50. The first-order valence-electron chi connectivity index (χ1n) is 17.1. The second-order valence-corrected chi connectivity index (χ2v) is 14.1. The average molecular weight is 669 g/mol. The highest BCUT2D eigenvalue weighted by atomic mass is 16.1. The summed E-state index contributed by atoms with van der Waals surface area (Å²) in [5, 5.41) is 6.99. The van der Waals surface area contributed by atoms with Gasteiger partial charge in [0.05, 0.1) is 22.5 Å². The van der Waals surface area contributed by atoms with Crippen LogP contribution in [0, 0.1) is 10.4 Å². The molecule has 2 heterocycles. The Labute approximate surface area is 292 Å². The lowest BCUT2D eigenvalue weighted by molar-refractivity contribution is -0.109. The molecule has 12 rings (SSSR count). The molecule has 6 aliphatic rings. The van der Waals surface area contributed by atoms with Crippen molar-refractivity contribution in [3.8, 4) is 0 Å². The zero-order chi connectivity index (χ0) is 34.7. The fraction of sp³-hybridized carbons (Fsp3) is 0.0444. The molecule has 0 saturated carbocycles. The largest absolute Gasteiger partial charge is 0.294 e. The van der Waals surface area contributed by atoms with Crippen LogP contribution in [0.15, 0.2) is 95.0 Å². The molecule has 0 unspecified atom stereocenters. The van der Waals surface area contributed by atoms with E-state index in [4.69, 9.17) is 9.98 Å². The molecular formula is C45H20N2O5. The van der Waals surface area contributed by atoms with Crippen molar-refractivity contribution in [3.05, 3.63) is 150 Å². The number of hydrogen-bond acceptors (Lipinski definition) is 7. The smallest absolute Gasteiger partial charge is 0.205 e. The maximum absolute atomic E-state index is 14.2. The minimum Gasteiger partial charge on any atom is -0.294 e. The number of ketones is 5. The summed E-state index contributed by atoms with van der Waals surface area (Å²) in [6, 6.07) is 20.7. The number of allylic oxidation sites excluding steroid dienone is 5. The molecule has 0 atom stereocenters. The zero-order valence-electron chi connectivity index (χ0n) is 27.1. The van der Waals surface area contributed by atoms with Crippen molar-refractivity contribution in [1.82, 2.24) is 4.98 Å². The monoisotopic (exact) mass is 668 g/mol. The van der Waals surface area contributed by atoms with Crippen LogP contribution in [0.4, 0.5) is 5.69 Å². The maximum atomic E-state index is 14.2. The van der Waals surface area contributed by atoms with Crippen molar-refractivity contribution in [1.29, 1.82) is 0 Å². The topological polar surface area (TPSA) is 111 Å². The number of carbonyl (C=O) groups excluding carboxylic acids is 5. The van der Waals surface area contributed by atoms with Gasteiger partial charge < -0.3 is 0 Å². The number of rotatable bonds is 0. The molecule has 7 nitrogen and oxygen atoms in total. The van der Waals surface area contributed by atoms with Gasteiger partial charge in [0, 0.05) is 55.8 Å². The number of benzene rings is 5. The van der Waals surface area contributed by atoms with E-state index in [-0.39, 0.29) is 41.0 Å². The number of Topliss-reactive ketones (excluding diaryl/α,β-unsaturated/α-hetero) is 4. The van der Waals surface area contributed by atoms with Gasteiger partial charge in [0.15, 0.2) is 23.1 Å². The Morgan fingerprint density at radius 1 is 0.692 bits per heavy atom. The van der Waals surface area contributed by atoms with Gasteiger partial charge in [-0.3, -0.25) is 24.0 Å². The Morgan fingerprint density at radius 3 is 2.40 bits per heavy atom.